The van der Waals surface area contributed by atoms with Crippen LogP contribution in [-0.2, 0) is 14.3 Å². The van der Waals surface area contributed by atoms with E-state index in [1.807, 2.05) is 19.1 Å². The summed E-state index contributed by atoms with van der Waals surface area (Å²) in [6, 6.07) is 7.09. The first-order chi connectivity index (χ1) is 18.4. The number of aryl methyl sites for hydroxylation is 1. The topological polar surface area (TPSA) is 43.4 Å². The second-order valence-corrected chi connectivity index (χ2v) is 17.0. The van der Waals surface area contributed by atoms with Gasteiger partial charge in [-0.2, -0.15) is 8.42 Å². The van der Waals surface area contributed by atoms with Gasteiger partial charge in [-0.05, 0) is 129 Å². The Morgan fingerprint density at radius 2 is 1.49 bits per heavy atom. The quantitative estimate of drug-likeness (QED) is 0.300. The van der Waals surface area contributed by atoms with Gasteiger partial charge < -0.3 is 0 Å². The molecule has 1 aromatic rings. The summed E-state index contributed by atoms with van der Waals surface area (Å²) in [5.41, 5.74) is 1.90. The number of benzene rings is 1. The van der Waals surface area contributed by atoms with E-state index in [9.17, 15) is 8.42 Å². The van der Waals surface area contributed by atoms with Gasteiger partial charge in [0, 0.05) is 0 Å². The van der Waals surface area contributed by atoms with E-state index in [0.717, 1.165) is 53.9 Å². The van der Waals surface area contributed by atoms with Crippen molar-refractivity contribution in [1.29, 1.82) is 0 Å². The van der Waals surface area contributed by atoms with Crippen LogP contribution in [0.15, 0.2) is 29.2 Å². The van der Waals surface area contributed by atoms with Crippen molar-refractivity contribution in [2.24, 2.45) is 58.2 Å². The standard InChI is InChI=1S/C35H56O3S/c1-23(2)9-8-10-25(4)29-17-18-31-28-15-16-30-26(5)33(38-39(36,37)27-13-11-24(3)12-14-27)20-22-35(30,7)32(28)19-21-34(29,31)6/h11-14,23,25-26,28-33H,8-10,15-22H2,1-7H3/t25-,26-,28+,29-,30+,31+,32+,33+,34-,35+/m1/s1. The van der Waals surface area contributed by atoms with Crippen molar-refractivity contribution in [1.82, 2.24) is 0 Å². The Hall–Kier alpha value is -0.870. The maximum Gasteiger partial charge on any atom is 0.297 e. The molecule has 0 aromatic heterocycles. The Morgan fingerprint density at radius 3 is 2.18 bits per heavy atom. The second kappa shape index (κ2) is 11.1. The van der Waals surface area contributed by atoms with Gasteiger partial charge in [0.15, 0.2) is 0 Å². The van der Waals surface area contributed by atoms with Crippen molar-refractivity contribution in [2.45, 2.75) is 130 Å². The van der Waals surface area contributed by atoms with E-state index in [1.165, 1.54) is 57.8 Å². The molecule has 0 heterocycles. The molecule has 0 aliphatic heterocycles. The Balaban J connectivity index is 1.27. The highest BCUT2D eigenvalue weighted by molar-refractivity contribution is 7.86. The molecule has 5 rings (SSSR count). The predicted octanol–water partition coefficient (Wildman–Crippen LogP) is 9.44. The summed E-state index contributed by atoms with van der Waals surface area (Å²) in [5.74, 6) is 5.94. The van der Waals surface area contributed by atoms with Crippen LogP contribution in [0, 0.1) is 65.1 Å². The van der Waals surface area contributed by atoms with Crippen LogP contribution < -0.4 is 0 Å². The first-order valence-corrected chi connectivity index (χ1v) is 17.8. The summed E-state index contributed by atoms with van der Waals surface area (Å²) >= 11 is 0. The van der Waals surface area contributed by atoms with E-state index >= 15 is 0 Å². The molecular formula is C35H56O3S. The molecule has 4 aliphatic carbocycles. The molecule has 10 atom stereocenters. The van der Waals surface area contributed by atoms with Crippen LogP contribution in [-0.4, -0.2) is 14.5 Å². The van der Waals surface area contributed by atoms with Gasteiger partial charge in [-0.25, -0.2) is 0 Å². The molecule has 39 heavy (non-hydrogen) atoms. The normalized spacial score (nSPS) is 41.1. The molecule has 0 bridgehead atoms. The van der Waals surface area contributed by atoms with Crippen molar-refractivity contribution in [2.75, 3.05) is 0 Å². The van der Waals surface area contributed by atoms with Crippen molar-refractivity contribution in [3.63, 3.8) is 0 Å². The summed E-state index contributed by atoms with van der Waals surface area (Å²) < 4.78 is 32.3. The van der Waals surface area contributed by atoms with Crippen LogP contribution in [0.2, 0.25) is 0 Å². The Labute approximate surface area is 240 Å². The third kappa shape index (κ3) is 5.40. The monoisotopic (exact) mass is 556 g/mol. The summed E-state index contributed by atoms with van der Waals surface area (Å²) in [4.78, 5) is 0.290. The van der Waals surface area contributed by atoms with Gasteiger partial charge in [0.05, 0.1) is 11.0 Å². The van der Waals surface area contributed by atoms with Crippen LogP contribution in [0.4, 0.5) is 0 Å². The highest BCUT2D eigenvalue weighted by Crippen LogP contribution is 2.69. The highest BCUT2D eigenvalue weighted by atomic mass is 32.2. The van der Waals surface area contributed by atoms with Crippen LogP contribution >= 0.6 is 0 Å². The van der Waals surface area contributed by atoms with E-state index in [0.29, 0.717) is 16.7 Å². The van der Waals surface area contributed by atoms with Crippen LogP contribution in [0.3, 0.4) is 0 Å². The molecule has 0 radical (unpaired) electrons. The second-order valence-electron chi connectivity index (χ2n) is 15.4. The minimum Gasteiger partial charge on any atom is -0.263 e. The van der Waals surface area contributed by atoms with Gasteiger partial charge in [0.2, 0.25) is 0 Å². The molecule has 3 nitrogen and oxygen atoms in total. The maximum absolute atomic E-state index is 13.1. The minimum absolute atomic E-state index is 0.206. The summed E-state index contributed by atoms with van der Waals surface area (Å²) in [6.45, 7) is 16.8. The third-order valence-electron chi connectivity index (χ3n) is 12.9. The van der Waals surface area contributed by atoms with E-state index in [1.54, 1.807) is 12.1 Å². The molecule has 0 amide bonds. The van der Waals surface area contributed by atoms with Gasteiger partial charge in [-0.1, -0.05) is 78.5 Å². The summed E-state index contributed by atoms with van der Waals surface area (Å²) in [7, 11) is -3.74. The number of rotatable bonds is 8. The fourth-order valence-electron chi connectivity index (χ4n) is 10.8. The molecule has 0 saturated heterocycles. The molecule has 0 unspecified atom stereocenters. The largest absolute Gasteiger partial charge is 0.297 e. The van der Waals surface area contributed by atoms with Crippen LogP contribution in [0.1, 0.15) is 118 Å². The molecular weight excluding hydrogens is 500 g/mol. The lowest BCUT2D eigenvalue weighted by Crippen LogP contribution is -2.56. The van der Waals surface area contributed by atoms with Gasteiger partial charge in [-0.3, -0.25) is 4.18 Å². The van der Waals surface area contributed by atoms with Gasteiger partial charge in [-0.15, -0.1) is 0 Å². The zero-order valence-corrected chi connectivity index (χ0v) is 26.7. The predicted molar refractivity (Wildman–Crippen MR) is 161 cm³/mol. The SMILES string of the molecule is Cc1ccc(S(=O)(=O)O[C@H]2CC[C@@]3(C)[C@@H](CC[C@@H]4[C@@H]3CC[C@]3(C)[C@@H]([C@H](C)CCCC(C)C)CC[C@@H]43)[C@H]2C)cc1. The van der Waals surface area contributed by atoms with E-state index < -0.39 is 10.1 Å². The molecule has 4 saturated carbocycles. The number of hydrogen-bond donors (Lipinski definition) is 0. The number of hydrogen-bond acceptors (Lipinski definition) is 3. The van der Waals surface area contributed by atoms with Gasteiger partial charge >= 0.3 is 0 Å². The lowest BCUT2D eigenvalue weighted by molar-refractivity contribution is -0.145. The lowest BCUT2D eigenvalue weighted by Gasteiger charge is -2.62. The molecule has 0 N–H and O–H groups in total. The van der Waals surface area contributed by atoms with Crippen LogP contribution in [0.5, 0.6) is 0 Å². The minimum atomic E-state index is -3.74. The van der Waals surface area contributed by atoms with E-state index in [-0.39, 0.29) is 16.9 Å². The zero-order valence-electron chi connectivity index (χ0n) is 25.9. The van der Waals surface area contributed by atoms with E-state index in [4.69, 9.17) is 4.18 Å². The molecule has 4 aliphatic rings. The smallest absolute Gasteiger partial charge is 0.263 e. The average molecular weight is 557 g/mol. The fraction of sp³-hybridized carbons (Fsp3) is 0.829. The molecule has 4 fully saturated rings. The summed E-state index contributed by atoms with van der Waals surface area (Å²) in [5, 5.41) is 0. The zero-order chi connectivity index (χ0) is 28.2. The van der Waals surface area contributed by atoms with Crippen molar-refractivity contribution >= 4 is 10.1 Å². The van der Waals surface area contributed by atoms with E-state index in [2.05, 4.69) is 41.5 Å². The van der Waals surface area contributed by atoms with Crippen molar-refractivity contribution < 1.29 is 12.6 Å². The molecule has 0 spiro atoms. The maximum atomic E-state index is 13.1. The Morgan fingerprint density at radius 1 is 0.846 bits per heavy atom. The summed E-state index contributed by atoms with van der Waals surface area (Å²) in [6.07, 6.45) is 14.2. The Kier molecular flexibility index (Phi) is 8.42. The molecule has 220 valence electrons. The first kappa shape index (κ1) is 29.6. The molecule has 4 heteroatoms. The fourth-order valence-corrected chi connectivity index (χ4v) is 12.0. The highest BCUT2D eigenvalue weighted by Gasteiger charge is 2.61. The van der Waals surface area contributed by atoms with Crippen molar-refractivity contribution in [3.05, 3.63) is 29.8 Å². The molecule has 1 aromatic carbocycles. The van der Waals surface area contributed by atoms with Crippen molar-refractivity contribution in [3.8, 4) is 0 Å². The van der Waals surface area contributed by atoms with Gasteiger partial charge in [0.25, 0.3) is 10.1 Å². The van der Waals surface area contributed by atoms with Crippen LogP contribution in [0.25, 0.3) is 0 Å². The lowest BCUT2D eigenvalue weighted by atomic mass is 9.43. The average Bonchev–Trinajstić information content (AvgIpc) is 3.23. The third-order valence-corrected chi connectivity index (χ3v) is 14.2. The Bertz CT molecular complexity index is 1090. The first-order valence-electron chi connectivity index (χ1n) is 16.4. The number of fused-ring (bicyclic) bond motifs is 5. The van der Waals surface area contributed by atoms with Gasteiger partial charge in [0.1, 0.15) is 0 Å².